The van der Waals surface area contributed by atoms with Gasteiger partial charge in [0, 0.05) is 6.04 Å². The zero-order valence-corrected chi connectivity index (χ0v) is 18.3. The van der Waals surface area contributed by atoms with Crippen LogP contribution in [0.25, 0.3) is 11.2 Å². The van der Waals surface area contributed by atoms with E-state index in [1.54, 1.807) is 0 Å². The van der Waals surface area contributed by atoms with Crippen LogP contribution in [-0.4, -0.2) is 35.6 Å². The molecule has 27 heavy (non-hydrogen) atoms. The predicted octanol–water partition coefficient (Wildman–Crippen LogP) is 3.78. The summed E-state index contributed by atoms with van der Waals surface area (Å²) in [7, 11) is 3.50. The maximum absolute atomic E-state index is 6.20. The molecule has 0 spiro atoms. The Balaban J connectivity index is 1.89. The Morgan fingerprint density at radius 2 is 1.74 bits per heavy atom. The number of rotatable bonds is 7. The first-order valence-corrected chi connectivity index (χ1v) is 10.4. The molecule has 1 saturated carbocycles. The summed E-state index contributed by atoms with van der Waals surface area (Å²) in [6.07, 6.45) is 5.46. The summed E-state index contributed by atoms with van der Waals surface area (Å²) in [6, 6.07) is 0.370. The molecule has 1 atom stereocenters. The molecule has 1 unspecified atom stereocenters. The summed E-state index contributed by atoms with van der Waals surface area (Å²) in [5.74, 6) is 2.89. The van der Waals surface area contributed by atoms with Gasteiger partial charge in [-0.2, -0.15) is 0 Å². The molecule has 0 saturated heterocycles. The molecule has 0 aliphatic heterocycles. The second-order valence-electron chi connectivity index (χ2n) is 9.03. The molecule has 0 aromatic carbocycles. The Labute approximate surface area is 165 Å². The molecule has 2 N–H and O–H groups in total. The molecule has 0 amide bonds. The van der Waals surface area contributed by atoms with E-state index in [9.17, 15) is 0 Å². The summed E-state index contributed by atoms with van der Waals surface area (Å²) in [5, 5.41) is 0. The first kappa shape index (κ1) is 20.3. The Morgan fingerprint density at radius 3 is 2.26 bits per heavy atom. The Kier molecular flexibility index (Phi) is 5.63. The lowest BCUT2D eigenvalue weighted by molar-refractivity contribution is -0.141. The van der Waals surface area contributed by atoms with E-state index in [0.717, 1.165) is 18.5 Å². The van der Waals surface area contributed by atoms with Crippen LogP contribution in [0.15, 0.2) is 12.7 Å². The maximum Gasteiger partial charge on any atom is 0.247 e. The van der Waals surface area contributed by atoms with Crippen molar-refractivity contribution in [1.82, 2.24) is 19.5 Å². The molecule has 1 fully saturated rings. The number of imidazole rings is 1. The minimum absolute atomic E-state index is 0.194. The van der Waals surface area contributed by atoms with E-state index in [0.29, 0.717) is 47.0 Å². The number of anilines is 1. The van der Waals surface area contributed by atoms with Crippen LogP contribution in [0, 0.1) is 29.6 Å². The SMILES string of the molecule is CC(C)C(C(C)C)C(O[Si])(C(C)C)C1CC(n2cnc3c(N)ncnc32)C1. The van der Waals surface area contributed by atoms with Gasteiger partial charge in [0.2, 0.25) is 10.5 Å². The van der Waals surface area contributed by atoms with Crippen molar-refractivity contribution in [3.8, 4) is 0 Å². The second-order valence-corrected chi connectivity index (χ2v) is 9.23. The van der Waals surface area contributed by atoms with Crippen LogP contribution in [0.3, 0.4) is 0 Å². The normalized spacial score (nSPS) is 22.8. The van der Waals surface area contributed by atoms with Gasteiger partial charge in [-0.15, -0.1) is 0 Å². The fraction of sp³-hybridized carbons (Fsp3) is 0.750. The van der Waals surface area contributed by atoms with Crippen LogP contribution >= 0.6 is 0 Å². The molecule has 6 nitrogen and oxygen atoms in total. The van der Waals surface area contributed by atoms with E-state index in [1.807, 2.05) is 6.33 Å². The lowest BCUT2D eigenvalue weighted by atomic mass is 9.56. The van der Waals surface area contributed by atoms with Crippen molar-refractivity contribution < 1.29 is 4.43 Å². The molecule has 2 heterocycles. The summed E-state index contributed by atoms with van der Waals surface area (Å²) < 4.78 is 8.35. The van der Waals surface area contributed by atoms with Crippen molar-refractivity contribution in [3.05, 3.63) is 12.7 Å². The van der Waals surface area contributed by atoms with Gasteiger partial charge in [0.15, 0.2) is 11.5 Å². The average molecular weight is 387 g/mol. The molecule has 1 aliphatic rings. The molecule has 3 rings (SSSR count). The highest BCUT2D eigenvalue weighted by Crippen LogP contribution is 2.54. The van der Waals surface area contributed by atoms with E-state index in [-0.39, 0.29) is 5.60 Å². The maximum atomic E-state index is 6.20. The van der Waals surface area contributed by atoms with Gasteiger partial charge in [0.1, 0.15) is 11.8 Å². The fourth-order valence-electron chi connectivity index (χ4n) is 5.53. The van der Waals surface area contributed by atoms with E-state index in [4.69, 9.17) is 10.2 Å². The smallest absolute Gasteiger partial charge is 0.247 e. The molecule has 2 aromatic heterocycles. The summed E-state index contributed by atoms with van der Waals surface area (Å²) in [4.78, 5) is 12.9. The van der Waals surface area contributed by atoms with Gasteiger partial charge >= 0.3 is 0 Å². The molecule has 147 valence electrons. The lowest BCUT2D eigenvalue weighted by Gasteiger charge is -2.57. The van der Waals surface area contributed by atoms with Crippen molar-refractivity contribution in [2.24, 2.45) is 29.6 Å². The third kappa shape index (κ3) is 3.18. The number of aromatic nitrogens is 4. The Hall–Kier alpha value is -1.47. The van der Waals surface area contributed by atoms with Crippen LogP contribution < -0.4 is 5.73 Å². The van der Waals surface area contributed by atoms with Crippen molar-refractivity contribution in [2.75, 3.05) is 5.73 Å². The number of hydrogen-bond donors (Lipinski definition) is 1. The van der Waals surface area contributed by atoms with Gasteiger partial charge in [-0.3, -0.25) is 0 Å². The zero-order valence-electron chi connectivity index (χ0n) is 17.3. The largest absolute Gasteiger partial charge is 0.412 e. The highest BCUT2D eigenvalue weighted by Gasteiger charge is 2.54. The minimum atomic E-state index is -0.194. The lowest BCUT2D eigenvalue weighted by Crippen LogP contribution is -2.58. The van der Waals surface area contributed by atoms with Crippen molar-refractivity contribution >= 4 is 27.5 Å². The van der Waals surface area contributed by atoms with Crippen LogP contribution in [0.5, 0.6) is 0 Å². The van der Waals surface area contributed by atoms with Gasteiger partial charge in [-0.1, -0.05) is 41.5 Å². The number of nitrogen functional groups attached to an aromatic ring is 1. The topological polar surface area (TPSA) is 78.9 Å². The minimum Gasteiger partial charge on any atom is -0.412 e. The summed E-state index contributed by atoms with van der Waals surface area (Å²) in [6.45, 7) is 13.8. The van der Waals surface area contributed by atoms with E-state index in [1.165, 1.54) is 6.33 Å². The molecule has 2 aromatic rings. The van der Waals surface area contributed by atoms with Crippen LogP contribution in [0.1, 0.15) is 60.4 Å². The molecule has 0 bridgehead atoms. The molecule has 7 heteroatoms. The highest BCUT2D eigenvalue weighted by molar-refractivity contribution is 5.98. The highest BCUT2D eigenvalue weighted by atomic mass is 28.2. The van der Waals surface area contributed by atoms with E-state index in [2.05, 4.69) is 71.5 Å². The zero-order chi connectivity index (χ0) is 19.9. The Bertz CT molecular complexity index is 776. The molecular weight excluding hydrogens is 354 g/mol. The summed E-state index contributed by atoms with van der Waals surface area (Å²) in [5.41, 5.74) is 7.26. The van der Waals surface area contributed by atoms with Crippen molar-refractivity contribution in [3.63, 3.8) is 0 Å². The van der Waals surface area contributed by atoms with Crippen LogP contribution in [0.4, 0.5) is 5.82 Å². The van der Waals surface area contributed by atoms with E-state index < -0.39 is 0 Å². The number of nitrogens with zero attached hydrogens (tertiary/aromatic N) is 4. The average Bonchev–Trinajstić information content (AvgIpc) is 2.96. The van der Waals surface area contributed by atoms with E-state index >= 15 is 0 Å². The van der Waals surface area contributed by atoms with Gasteiger partial charge in [0.25, 0.3) is 0 Å². The Morgan fingerprint density at radius 1 is 1.11 bits per heavy atom. The van der Waals surface area contributed by atoms with Crippen LogP contribution in [0.2, 0.25) is 0 Å². The quantitative estimate of drug-likeness (QED) is 0.733. The van der Waals surface area contributed by atoms with Gasteiger partial charge in [-0.05, 0) is 42.4 Å². The number of fused-ring (bicyclic) bond motifs is 1. The molecule has 1 aliphatic carbocycles. The number of nitrogens with two attached hydrogens (primary N) is 1. The molecule has 3 radical (unpaired) electrons. The first-order chi connectivity index (χ1) is 12.7. The monoisotopic (exact) mass is 386 g/mol. The number of hydrogen-bond acceptors (Lipinski definition) is 5. The van der Waals surface area contributed by atoms with Gasteiger partial charge < -0.3 is 14.7 Å². The van der Waals surface area contributed by atoms with Gasteiger partial charge in [0.05, 0.1) is 11.9 Å². The first-order valence-electron chi connectivity index (χ1n) is 10.0. The van der Waals surface area contributed by atoms with Gasteiger partial charge in [-0.25, -0.2) is 15.0 Å². The fourth-order valence-corrected chi connectivity index (χ4v) is 6.07. The predicted molar refractivity (Wildman–Crippen MR) is 109 cm³/mol. The standard InChI is InChI=1S/C20H32N5OSi/c1-11(2)16(12(3)4)20(26-27,13(5)6)14-7-15(8-14)25-10-24-17-18(21)22-9-23-19(17)25/h9-16H,7-8H2,1-6H3,(H2,21,22,23). The van der Waals surface area contributed by atoms with Crippen molar-refractivity contribution in [1.29, 1.82) is 0 Å². The second kappa shape index (κ2) is 7.51. The molecular formula is C20H32N5OSi. The van der Waals surface area contributed by atoms with Crippen molar-refractivity contribution in [2.45, 2.75) is 66.0 Å². The third-order valence-corrected chi connectivity index (χ3v) is 6.92. The van der Waals surface area contributed by atoms with Crippen LogP contribution in [-0.2, 0) is 4.43 Å². The third-order valence-electron chi connectivity index (χ3n) is 6.57. The summed E-state index contributed by atoms with van der Waals surface area (Å²) >= 11 is 0.